The highest BCUT2D eigenvalue weighted by Crippen LogP contribution is 2.34. The zero-order valence-electron chi connectivity index (χ0n) is 23.2. The van der Waals surface area contributed by atoms with Crippen LogP contribution in [-0.4, -0.2) is 83.1 Å². The van der Waals surface area contributed by atoms with E-state index >= 15 is 0 Å². The van der Waals surface area contributed by atoms with Gasteiger partial charge in [0.05, 0.1) is 11.4 Å². The number of aromatic nitrogens is 1. The van der Waals surface area contributed by atoms with Gasteiger partial charge in [0.15, 0.2) is 0 Å². The third-order valence-electron chi connectivity index (χ3n) is 7.02. The molecule has 12 nitrogen and oxygen atoms in total. The number of pyridine rings is 1. The highest BCUT2D eigenvalue weighted by atomic mass is 32.2. The quantitative estimate of drug-likeness (QED) is 0.451. The van der Waals surface area contributed by atoms with Gasteiger partial charge in [0.2, 0.25) is 17.7 Å². The molecular formula is C28H34N4O8S. The van der Waals surface area contributed by atoms with Crippen molar-refractivity contribution in [3.8, 4) is 11.6 Å². The Morgan fingerprint density at radius 2 is 1.90 bits per heavy atom. The van der Waals surface area contributed by atoms with Gasteiger partial charge in [0.1, 0.15) is 23.5 Å². The summed E-state index contributed by atoms with van der Waals surface area (Å²) >= 11 is 0. The topological polar surface area (TPSA) is 155 Å². The number of likely N-dealkylation sites (tertiary alicyclic amines) is 1. The number of carbonyl (C=O) groups excluding carboxylic acids is 3. The molecule has 3 aliphatic rings. The molecule has 1 aliphatic heterocycles. The molecule has 2 heterocycles. The molecule has 2 aromatic rings. The number of fused-ring (bicyclic) bond motifs is 1. The summed E-state index contributed by atoms with van der Waals surface area (Å²) in [4.78, 5) is 46.9. The van der Waals surface area contributed by atoms with Crippen LogP contribution in [0.25, 0.3) is 10.8 Å². The van der Waals surface area contributed by atoms with Crippen molar-refractivity contribution in [1.82, 2.24) is 19.5 Å². The highest BCUT2D eigenvalue weighted by molar-refractivity contribution is 7.94. The van der Waals surface area contributed by atoms with Crippen LogP contribution in [0, 0.1) is 0 Å². The molecule has 3 amide bonds. The van der Waals surface area contributed by atoms with Crippen LogP contribution in [0.15, 0.2) is 41.4 Å². The van der Waals surface area contributed by atoms with Crippen LogP contribution in [0.2, 0.25) is 0 Å². The van der Waals surface area contributed by atoms with Gasteiger partial charge in [-0.1, -0.05) is 12.1 Å². The number of allylic oxidation sites excluding steroid dienone is 2. The average Bonchev–Trinajstić information content (AvgIpc) is 3.81. The van der Waals surface area contributed by atoms with Crippen LogP contribution >= 0.6 is 0 Å². The van der Waals surface area contributed by atoms with Gasteiger partial charge in [-0.3, -0.25) is 14.5 Å². The smallest absolute Gasteiger partial charge is 0.411 e. The fourth-order valence-corrected chi connectivity index (χ4v) is 5.91. The van der Waals surface area contributed by atoms with Crippen LogP contribution in [0.5, 0.6) is 11.6 Å². The van der Waals surface area contributed by atoms with E-state index in [1.54, 1.807) is 49.9 Å². The average molecular weight is 587 g/mol. The molecule has 0 radical (unpaired) electrons. The molecule has 0 spiro atoms. The van der Waals surface area contributed by atoms with Crippen LogP contribution in [0.3, 0.4) is 0 Å². The van der Waals surface area contributed by atoms with Gasteiger partial charge in [0, 0.05) is 48.8 Å². The molecule has 2 N–H and O–H groups in total. The minimum atomic E-state index is -3.82. The summed E-state index contributed by atoms with van der Waals surface area (Å²) in [6.07, 6.45) is 3.56. The number of rotatable bonds is 9. The Kier molecular flexibility index (Phi) is 7.58. The number of sulfonamides is 1. The summed E-state index contributed by atoms with van der Waals surface area (Å²) < 4.78 is 38.0. The van der Waals surface area contributed by atoms with E-state index in [-0.39, 0.29) is 54.4 Å². The first kappa shape index (κ1) is 28.7. The molecule has 0 bridgehead atoms. The van der Waals surface area contributed by atoms with E-state index < -0.39 is 39.8 Å². The van der Waals surface area contributed by atoms with Crippen LogP contribution in [-0.2, 0) is 24.3 Å². The van der Waals surface area contributed by atoms with Gasteiger partial charge >= 0.3 is 6.09 Å². The third-order valence-corrected chi connectivity index (χ3v) is 8.54. The predicted octanol–water partition coefficient (Wildman–Crippen LogP) is 2.81. The zero-order valence-corrected chi connectivity index (χ0v) is 24.0. The number of nitrogens with one attached hydrogen (secondary N) is 1. The van der Waals surface area contributed by atoms with E-state index in [9.17, 15) is 27.9 Å². The van der Waals surface area contributed by atoms with E-state index in [4.69, 9.17) is 9.47 Å². The van der Waals surface area contributed by atoms with Crippen molar-refractivity contribution in [3.63, 3.8) is 0 Å². The van der Waals surface area contributed by atoms with E-state index in [2.05, 4.69) is 4.98 Å². The molecule has 1 saturated heterocycles. The lowest BCUT2D eigenvalue weighted by atomic mass is 10.1. The number of hydrogen-bond donors (Lipinski definition) is 2. The summed E-state index contributed by atoms with van der Waals surface area (Å²) in [6, 6.07) is 5.66. The van der Waals surface area contributed by atoms with Crippen LogP contribution < -0.4 is 9.46 Å². The maximum atomic E-state index is 13.9. The largest absolute Gasteiger partial charge is 0.507 e. The molecule has 220 valence electrons. The number of amides is 3. The van der Waals surface area contributed by atoms with Gasteiger partial charge in [-0.2, -0.15) is 0 Å². The van der Waals surface area contributed by atoms with Gasteiger partial charge < -0.3 is 19.5 Å². The summed E-state index contributed by atoms with van der Waals surface area (Å²) in [5.41, 5.74) is -0.797. The van der Waals surface area contributed by atoms with E-state index in [0.717, 1.165) is 12.8 Å². The number of nitrogens with zero attached hydrogens (tertiary/aromatic N) is 3. The third kappa shape index (κ3) is 6.72. The van der Waals surface area contributed by atoms with Crippen LogP contribution in [0.4, 0.5) is 4.79 Å². The van der Waals surface area contributed by atoms with Crippen molar-refractivity contribution in [1.29, 1.82) is 0 Å². The van der Waals surface area contributed by atoms with Gasteiger partial charge in [-0.25, -0.2) is 22.9 Å². The number of aromatic hydroxyl groups is 1. The summed E-state index contributed by atoms with van der Waals surface area (Å²) in [6.45, 7) is 5.28. The Balaban J connectivity index is 1.33. The van der Waals surface area contributed by atoms with Crippen molar-refractivity contribution in [2.45, 2.75) is 76.7 Å². The molecule has 41 heavy (non-hydrogen) atoms. The molecule has 5 rings (SSSR count). The van der Waals surface area contributed by atoms with E-state index in [1.807, 2.05) is 4.72 Å². The molecule has 1 aromatic carbocycles. The number of carbonyl (C=O) groups is 3. The molecule has 1 aromatic heterocycles. The lowest BCUT2D eigenvalue weighted by molar-refractivity contribution is -0.137. The Bertz CT molecular complexity index is 1510. The summed E-state index contributed by atoms with van der Waals surface area (Å²) in [7, 11) is -3.82. The number of hydrogen-bond acceptors (Lipinski definition) is 9. The maximum Gasteiger partial charge on any atom is 0.411 e. The molecule has 13 heteroatoms. The molecule has 2 aliphatic carbocycles. The summed E-state index contributed by atoms with van der Waals surface area (Å²) in [5, 5.41) is 11.4. The number of ether oxygens (including phenoxy) is 2. The summed E-state index contributed by atoms with van der Waals surface area (Å²) in [5.74, 6) is -0.703. The predicted molar refractivity (Wildman–Crippen MR) is 148 cm³/mol. The second kappa shape index (κ2) is 10.8. The lowest BCUT2D eigenvalue weighted by Gasteiger charge is -2.31. The van der Waals surface area contributed by atoms with E-state index in [1.165, 1.54) is 17.2 Å². The van der Waals surface area contributed by atoms with Crippen molar-refractivity contribution in [2.75, 3.05) is 13.1 Å². The standard InChI is InChI=1S/C28H34N4O8S/c1-28(2,3)40-27(36)32-16-18(39-25-21-5-4-6-23(33)20(21)11-13-29-25)15-22(32)26(35)31(17-7-8-17)14-12-24(34)30-41(37,38)19-9-10-19/h4-6,9,11,13,17-18,22,33H,7-8,10,12,14-16H2,1-3H3,(H,30,34). The highest BCUT2D eigenvalue weighted by Gasteiger charge is 2.46. The first-order valence-electron chi connectivity index (χ1n) is 13.6. The van der Waals surface area contributed by atoms with Crippen molar-refractivity contribution >= 4 is 38.7 Å². The van der Waals surface area contributed by atoms with Gasteiger partial charge in [-0.15, -0.1) is 0 Å². The van der Waals surface area contributed by atoms with Gasteiger partial charge in [-0.05, 0) is 51.8 Å². The minimum Gasteiger partial charge on any atom is -0.507 e. The van der Waals surface area contributed by atoms with Crippen molar-refractivity contribution in [3.05, 3.63) is 41.4 Å². The molecule has 2 unspecified atom stereocenters. The Hall–Kier alpha value is -3.87. The SMILES string of the molecule is CC(C)(C)OC(=O)N1CC(Oc2nccc3c(O)cccc23)CC1C(=O)N(CCC(=O)NS(=O)(=O)C1=CC1)C1CC1. The Morgan fingerprint density at radius 3 is 2.56 bits per heavy atom. The van der Waals surface area contributed by atoms with Gasteiger partial charge in [0.25, 0.3) is 10.0 Å². The molecule has 2 atom stereocenters. The zero-order chi connectivity index (χ0) is 29.5. The first-order chi connectivity index (χ1) is 19.3. The lowest BCUT2D eigenvalue weighted by Crippen LogP contribution is -2.50. The fourth-order valence-electron chi connectivity index (χ4n) is 4.85. The number of benzene rings is 1. The van der Waals surface area contributed by atoms with Crippen molar-refractivity contribution < 1.29 is 37.4 Å². The number of phenolic OH excluding ortho intramolecular Hbond substituents is 1. The van der Waals surface area contributed by atoms with Crippen LogP contribution in [0.1, 0.15) is 52.9 Å². The molecule has 1 saturated carbocycles. The van der Waals surface area contributed by atoms with E-state index in [0.29, 0.717) is 17.2 Å². The monoisotopic (exact) mass is 586 g/mol. The molecule has 2 fully saturated rings. The van der Waals surface area contributed by atoms with Crippen molar-refractivity contribution in [2.24, 2.45) is 0 Å². The second-order valence-electron chi connectivity index (χ2n) is 11.5. The number of phenols is 1. The Morgan fingerprint density at radius 1 is 1.17 bits per heavy atom. The second-order valence-corrected chi connectivity index (χ2v) is 13.3. The first-order valence-corrected chi connectivity index (χ1v) is 15.1. The maximum absolute atomic E-state index is 13.9. The Labute approximate surface area is 238 Å². The normalized spacial score (nSPS) is 20.4. The minimum absolute atomic E-state index is 0.0121. The molecular weight excluding hydrogens is 552 g/mol. The fraction of sp³-hybridized carbons (Fsp3) is 0.500.